The molecule has 0 heterocycles. The zero-order chi connectivity index (χ0) is 6.62. The standard InChI is InChI=1S/C2H5Cl2O3P/c3-1-7-8(5,6)2-4/h1-2H2,(H,5,6). The summed E-state index contributed by atoms with van der Waals surface area (Å²) in [6.45, 7) is 0. The van der Waals surface area contributed by atoms with E-state index >= 15 is 0 Å². The van der Waals surface area contributed by atoms with E-state index in [2.05, 4.69) is 4.52 Å². The fraction of sp³-hybridized carbons (Fsp3) is 1.00. The molecule has 0 aliphatic heterocycles. The second kappa shape index (κ2) is 3.70. The predicted molar refractivity (Wildman–Crippen MR) is 32.4 cm³/mol. The summed E-state index contributed by atoms with van der Waals surface area (Å²) in [4.78, 5) is 8.44. The van der Waals surface area contributed by atoms with E-state index in [1.165, 1.54) is 0 Å². The minimum atomic E-state index is -3.54. The lowest BCUT2D eigenvalue weighted by Gasteiger charge is -2.03. The Kier molecular flexibility index (Phi) is 4.04. The molecule has 50 valence electrons. The van der Waals surface area contributed by atoms with Crippen LogP contribution >= 0.6 is 30.8 Å². The molecule has 0 radical (unpaired) electrons. The lowest BCUT2D eigenvalue weighted by molar-refractivity contribution is 0.306. The fourth-order valence-corrected chi connectivity index (χ4v) is 0.997. The molecule has 0 amide bonds. The number of hydrogen-bond acceptors (Lipinski definition) is 2. The van der Waals surface area contributed by atoms with Crippen molar-refractivity contribution >= 4 is 30.8 Å². The highest BCUT2D eigenvalue weighted by molar-refractivity contribution is 7.54. The molecular formula is C2H5Cl2O3P. The number of hydrogen-bond donors (Lipinski definition) is 1. The summed E-state index contributed by atoms with van der Waals surface area (Å²) in [5, 5.41) is 0. The third-order valence-corrected chi connectivity index (χ3v) is 2.40. The van der Waals surface area contributed by atoms with Crippen LogP contribution in [0.2, 0.25) is 0 Å². The van der Waals surface area contributed by atoms with E-state index in [9.17, 15) is 4.57 Å². The Balaban J connectivity index is 3.55. The van der Waals surface area contributed by atoms with Crippen molar-refractivity contribution in [3.63, 3.8) is 0 Å². The van der Waals surface area contributed by atoms with Crippen LogP contribution in [-0.2, 0) is 9.09 Å². The monoisotopic (exact) mass is 178 g/mol. The number of alkyl halides is 2. The van der Waals surface area contributed by atoms with Crippen molar-refractivity contribution in [2.75, 3.05) is 11.7 Å². The van der Waals surface area contributed by atoms with Gasteiger partial charge in [0.15, 0.2) is 0 Å². The van der Waals surface area contributed by atoms with E-state index in [0.717, 1.165) is 0 Å². The smallest absolute Gasteiger partial charge is 0.323 e. The van der Waals surface area contributed by atoms with Gasteiger partial charge in [-0.1, -0.05) is 11.6 Å². The van der Waals surface area contributed by atoms with Gasteiger partial charge in [-0.2, -0.15) is 0 Å². The fourth-order valence-electron chi connectivity index (χ4n) is 0.111. The van der Waals surface area contributed by atoms with Crippen LogP contribution in [0.25, 0.3) is 0 Å². The Labute approximate surface area is 57.1 Å². The highest BCUT2D eigenvalue weighted by Crippen LogP contribution is 2.42. The maximum absolute atomic E-state index is 10.3. The predicted octanol–water partition coefficient (Wildman–Crippen LogP) is 1.58. The summed E-state index contributed by atoms with van der Waals surface area (Å²) in [5.41, 5.74) is -0.417. The zero-order valence-electron chi connectivity index (χ0n) is 3.88. The van der Waals surface area contributed by atoms with Crippen molar-refractivity contribution in [1.29, 1.82) is 0 Å². The van der Waals surface area contributed by atoms with Crippen LogP contribution in [0.4, 0.5) is 0 Å². The van der Waals surface area contributed by atoms with Gasteiger partial charge in [0.05, 0.1) is 0 Å². The molecule has 0 aromatic heterocycles. The maximum atomic E-state index is 10.3. The van der Waals surface area contributed by atoms with Crippen LogP contribution in [0.15, 0.2) is 0 Å². The molecule has 0 aromatic rings. The van der Waals surface area contributed by atoms with E-state index in [-0.39, 0.29) is 6.07 Å². The van der Waals surface area contributed by atoms with Gasteiger partial charge in [-0.15, -0.1) is 11.6 Å². The second-order valence-electron chi connectivity index (χ2n) is 0.995. The lowest BCUT2D eigenvalue weighted by Crippen LogP contribution is -1.86. The van der Waals surface area contributed by atoms with Crippen molar-refractivity contribution in [2.45, 2.75) is 0 Å². The minimum Gasteiger partial charge on any atom is -0.323 e. The first kappa shape index (κ1) is 8.73. The van der Waals surface area contributed by atoms with E-state index in [1.54, 1.807) is 0 Å². The van der Waals surface area contributed by atoms with Gasteiger partial charge in [0.2, 0.25) is 0 Å². The van der Waals surface area contributed by atoms with Crippen LogP contribution in [-0.4, -0.2) is 16.6 Å². The van der Waals surface area contributed by atoms with Crippen molar-refractivity contribution in [3.05, 3.63) is 0 Å². The molecule has 0 saturated heterocycles. The molecule has 1 N–H and O–H groups in total. The molecule has 0 aromatic carbocycles. The molecule has 0 fully saturated rings. The Morgan fingerprint density at radius 2 is 2.12 bits per heavy atom. The number of halogens is 2. The van der Waals surface area contributed by atoms with E-state index < -0.39 is 13.2 Å². The van der Waals surface area contributed by atoms with Gasteiger partial charge in [-0.05, 0) is 0 Å². The average Bonchev–Trinajstić information content (AvgIpc) is 1.67. The first-order valence-electron chi connectivity index (χ1n) is 1.70. The molecule has 3 nitrogen and oxygen atoms in total. The molecule has 6 heteroatoms. The average molecular weight is 179 g/mol. The summed E-state index contributed by atoms with van der Waals surface area (Å²) in [7, 11) is -3.54. The third-order valence-electron chi connectivity index (χ3n) is 0.402. The highest BCUT2D eigenvalue weighted by atomic mass is 35.5. The van der Waals surface area contributed by atoms with Gasteiger partial charge in [-0.25, -0.2) is 0 Å². The first-order chi connectivity index (χ1) is 3.62. The Morgan fingerprint density at radius 3 is 2.25 bits per heavy atom. The molecule has 0 saturated carbocycles. The summed E-state index contributed by atoms with van der Waals surface area (Å²) in [6.07, 6.45) is 0. The molecule has 0 rings (SSSR count). The SMILES string of the molecule is O=P(O)(CCl)OCCl. The van der Waals surface area contributed by atoms with E-state index in [1.807, 2.05) is 0 Å². The normalized spacial score (nSPS) is 17.9. The molecule has 0 aliphatic carbocycles. The van der Waals surface area contributed by atoms with Crippen molar-refractivity contribution in [3.8, 4) is 0 Å². The quantitative estimate of drug-likeness (QED) is 0.528. The van der Waals surface area contributed by atoms with Gasteiger partial charge in [-0.3, -0.25) is 9.09 Å². The summed E-state index contributed by atoms with van der Waals surface area (Å²) < 4.78 is 14.4. The van der Waals surface area contributed by atoms with Crippen LogP contribution in [0.5, 0.6) is 0 Å². The van der Waals surface area contributed by atoms with Crippen molar-refractivity contribution in [1.82, 2.24) is 0 Å². The topological polar surface area (TPSA) is 46.5 Å². The van der Waals surface area contributed by atoms with E-state index in [4.69, 9.17) is 28.1 Å². The molecule has 0 bridgehead atoms. The van der Waals surface area contributed by atoms with Gasteiger partial charge in [0, 0.05) is 0 Å². The van der Waals surface area contributed by atoms with E-state index in [0.29, 0.717) is 0 Å². The van der Waals surface area contributed by atoms with Crippen LogP contribution in [0, 0.1) is 0 Å². The molecule has 8 heavy (non-hydrogen) atoms. The van der Waals surface area contributed by atoms with Gasteiger partial charge in [0.25, 0.3) is 0 Å². The molecular weight excluding hydrogens is 174 g/mol. The molecule has 0 spiro atoms. The zero-order valence-corrected chi connectivity index (χ0v) is 6.29. The van der Waals surface area contributed by atoms with Crippen molar-refractivity contribution < 1.29 is 14.0 Å². The second-order valence-corrected chi connectivity index (χ2v) is 3.70. The maximum Gasteiger partial charge on any atom is 0.343 e. The summed E-state index contributed by atoms with van der Waals surface area (Å²) in [6, 6.07) is -0.305. The van der Waals surface area contributed by atoms with Crippen molar-refractivity contribution in [2.24, 2.45) is 0 Å². The van der Waals surface area contributed by atoms with Gasteiger partial charge < -0.3 is 4.89 Å². The Hall–Kier alpha value is 0.730. The summed E-state index contributed by atoms with van der Waals surface area (Å²) >= 11 is 9.93. The largest absolute Gasteiger partial charge is 0.343 e. The van der Waals surface area contributed by atoms with Crippen LogP contribution in [0.3, 0.4) is 0 Å². The molecule has 1 atom stereocenters. The molecule has 0 aliphatic rings. The third kappa shape index (κ3) is 3.70. The summed E-state index contributed by atoms with van der Waals surface area (Å²) in [5.74, 6) is 0. The van der Waals surface area contributed by atoms with Gasteiger partial charge >= 0.3 is 7.60 Å². The first-order valence-corrected chi connectivity index (χ1v) is 4.54. The Bertz CT molecular complexity index is 105. The minimum absolute atomic E-state index is 0.305. The highest BCUT2D eigenvalue weighted by Gasteiger charge is 2.15. The van der Waals surface area contributed by atoms with Crippen LogP contribution in [0.1, 0.15) is 0 Å². The van der Waals surface area contributed by atoms with Gasteiger partial charge in [0.1, 0.15) is 11.7 Å². The number of rotatable bonds is 3. The van der Waals surface area contributed by atoms with Crippen LogP contribution < -0.4 is 0 Å². The molecule has 1 unspecified atom stereocenters. The lowest BCUT2D eigenvalue weighted by atomic mass is 11.7. The Morgan fingerprint density at radius 1 is 1.62 bits per heavy atom.